The Labute approximate surface area is 67.0 Å². The molecule has 0 nitrogen and oxygen atoms in total. The first kappa shape index (κ1) is 12.7. The minimum absolute atomic E-state index is 0.542. The van der Waals surface area contributed by atoms with Crippen LogP contribution in [0, 0.1) is 5.41 Å². The molecule has 0 aromatic carbocycles. The maximum Gasteiger partial charge on any atom is -0.0385 e. The van der Waals surface area contributed by atoms with Crippen molar-refractivity contribution >= 4 is 0 Å². The van der Waals surface area contributed by atoms with Gasteiger partial charge in [0.2, 0.25) is 0 Å². The van der Waals surface area contributed by atoms with Crippen molar-refractivity contribution in [3.63, 3.8) is 0 Å². The predicted molar refractivity (Wildman–Crippen MR) is 50.3 cm³/mol. The van der Waals surface area contributed by atoms with E-state index in [4.69, 9.17) is 0 Å². The van der Waals surface area contributed by atoms with Gasteiger partial charge in [0.1, 0.15) is 0 Å². The van der Waals surface area contributed by atoms with E-state index in [1.54, 1.807) is 0 Å². The Morgan fingerprint density at radius 1 is 0.800 bits per heavy atom. The molecule has 0 atom stereocenters. The molecular weight excluding hydrogens is 120 g/mol. The van der Waals surface area contributed by atoms with Gasteiger partial charge in [-0.1, -0.05) is 60.8 Å². The molecule has 0 aliphatic carbocycles. The van der Waals surface area contributed by atoms with Crippen molar-refractivity contribution < 1.29 is 0 Å². The van der Waals surface area contributed by atoms with Crippen molar-refractivity contribution in [2.75, 3.05) is 0 Å². The Morgan fingerprint density at radius 3 is 1.00 bits per heavy atom. The summed E-state index contributed by atoms with van der Waals surface area (Å²) in [4.78, 5) is 0. The summed E-state index contributed by atoms with van der Waals surface area (Å²) >= 11 is 0. The molecule has 0 aromatic rings. The highest BCUT2D eigenvalue weighted by Crippen LogP contribution is 2.16. The molecule has 0 aliphatic rings. The van der Waals surface area contributed by atoms with Crippen LogP contribution >= 0.6 is 0 Å². The summed E-state index contributed by atoms with van der Waals surface area (Å²) in [5.74, 6) is 0. The molecule has 0 heterocycles. The molecule has 64 valence electrons. The number of unbranched alkanes of at least 4 members (excludes halogenated alkanes) is 1. The van der Waals surface area contributed by atoms with Crippen molar-refractivity contribution in [1.29, 1.82) is 0 Å². The van der Waals surface area contributed by atoms with Crippen LogP contribution in [0.25, 0.3) is 0 Å². The summed E-state index contributed by atoms with van der Waals surface area (Å²) in [6, 6.07) is 0. The third kappa shape index (κ3) is 24.5. The van der Waals surface area contributed by atoms with Gasteiger partial charge in [-0.3, -0.25) is 0 Å². The van der Waals surface area contributed by atoms with Crippen molar-refractivity contribution in [3.8, 4) is 0 Å². The number of rotatable bonds is 1. The predicted octanol–water partition coefficient (Wildman–Crippen LogP) is 4.25. The molecule has 0 saturated carbocycles. The lowest BCUT2D eigenvalue weighted by Gasteiger charge is -2.12. The summed E-state index contributed by atoms with van der Waals surface area (Å²) in [6.07, 6.45) is 3.91. The minimum Gasteiger partial charge on any atom is -0.0654 e. The second-order valence-electron chi connectivity index (χ2n) is 3.91. The monoisotopic (exact) mass is 144 g/mol. The summed E-state index contributed by atoms with van der Waals surface area (Å²) in [6.45, 7) is 13.3. The molecule has 0 bridgehead atoms. The van der Waals surface area contributed by atoms with E-state index >= 15 is 0 Å². The van der Waals surface area contributed by atoms with E-state index in [9.17, 15) is 0 Å². The van der Waals surface area contributed by atoms with E-state index in [2.05, 4.69) is 41.5 Å². The van der Waals surface area contributed by atoms with E-state index in [1.807, 2.05) is 0 Å². The first-order chi connectivity index (χ1) is 4.47. The molecule has 0 aliphatic heterocycles. The van der Waals surface area contributed by atoms with Crippen LogP contribution in [0.4, 0.5) is 0 Å². The van der Waals surface area contributed by atoms with Crippen molar-refractivity contribution in [2.24, 2.45) is 5.41 Å². The molecule has 10 heavy (non-hydrogen) atoms. The highest BCUT2D eigenvalue weighted by molar-refractivity contribution is 4.55. The van der Waals surface area contributed by atoms with Crippen LogP contribution < -0.4 is 0 Å². The van der Waals surface area contributed by atoms with Gasteiger partial charge in [-0.15, -0.1) is 0 Å². The largest absolute Gasteiger partial charge is 0.0654 e. The molecule has 0 rings (SSSR count). The fourth-order valence-electron chi connectivity index (χ4n) is 0. The Morgan fingerprint density at radius 2 is 1.00 bits per heavy atom. The van der Waals surface area contributed by atoms with E-state index < -0.39 is 0 Å². The smallest absolute Gasteiger partial charge is 0.0385 e. The Bertz CT molecular complexity index is 45.5. The fourth-order valence-corrected chi connectivity index (χ4v) is 0. The van der Waals surface area contributed by atoms with E-state index in [-0.39, 0.29) is 0 Å². The average molecular weight is 144 g/mol. The number of hydrogen-bond donors (Lipinski definition) is 0. The molecule has 0 amide bonds. The highest BCUT2D eigenvalue weighted by atomic mass is 14.1. The molecule has 0 N–H and O–H groups in total. The minimum atomic E-state index is 0.542. The number of hydrogen-bond acceptors (Lipinski definition) is 0. The van der Waals surface area contributed by atoms with Crippen molar-refractivity contribution in [3.05, 3.63) is 0 Å². The van der Waals surface area contributed by atoms with Gasteiger partial charge in [-0.05, 0) is 5.41 Å². The summed E-state index contributed by atoms with van der Waals surface area (Å²) in [7, 11) is 0. The summed E-state index contributed by atoms with van der Waals surface area (Å²) in [5.41, 5.74) is 0.542. The molecule has 0 saturated heterocycles. The molecule has 0 unspecified atom stereocenters. The zero-order valence-corrected chi connectivity index (χ0v) is 8.62. The van der Waals surface area contributed by atoms with Crippen LogP contribution in [0.3, 0.4) is 0 Å². The van der Waals surface area contributed by atoms with Crippen LogP contribution in [-0.4, -0.2) is 0 Å². The molecule has 0 spiro atoms. The van der Waals surface area contributed by atoms with Gasteiger partial charge in [-0.2, -0.15) is 0 Å². The first-order valence-corrected chi connectivity index (χ1v) is 4.47. The molecule has 0 heteroatoms. The van der Waals surface area contributed by atoms with Crippen molar-refractivity contribution in [1.82, 2.24) is 0 Å². The zero-order chi connectivity index (χ0) is 8.62. The third-order valence-corrected chi connectivity index (χ3v) is 1.56. The molecular formula is C10H24. The zero-order valence-electron chi connectivity index (χ0n) is 8.62. The van der Waals surface area contributed by atoms with Gasteiger partial charge < -0.3 is 0 Å². The van der Waals surface area contributed by atoms with E-state index in [0.717, 1.165) is 0 Å². The van der Waals surface area contributed by atoms with Crippen molar-refractivity contribution in [2.45, 2.75) is 60.8 Å². The van der Waals surface area contributed by atoms with Gasteiger partial charge in [0, 0.05) is 0 Å². The quantitative estimate of drug-likeness (QED) is 0.516. The van der Waals surface area contributed by atoms with Gasteiger partial charge in [0.25, 0.3) is 0 Å². The maximum absolute atomic E-state index is 2.24. The molecule has 0 fully saturated rings. The summed E-state index contributed by atoms with van der Waals surface area (Å²) in [5, 5.41) is 0. The van der Waals surface area contributed by atoms with Crippen LogP contribution in [-0.2, 0) is 0 Å². The molecule has 0 aromatic heterocycles. The lowest BCUT2D eigenvalue weighted by Crippen LogP contribution is -2.00. The SMILES string of the molecule is CCC(C)(C)C.CCCC. The second kappa shape index (κ2) is 7.11. The van der Waals surface area contributed by atoms with Crippen LogP contribution in [0.2, 0.25) is 0 Å². The van der Waals surface area contributed by atoms with Crippen LogP contribution in [0.1, 0.15) is 60.8 Å². The van der Waals surface area contributed by atoms with Gasteiger partial charge >= 0.3 is 0 Å². The second-order valence-corrected chi connectivity index (χ2v) is 3.91. The van der Waals surface area contributed by atoms with Crippen LogP contribution in [0.15, 0.2) is 0 Å². The average Bonchev–Trinajstić information content (AvgIpc) is 1.87. The van der Waals surface area contributed by atoms with E-state index in [0.29, 0.717) is 5.41 Å². The third-order valence-electron chi connectivity index (χ3n) is 1.56. The normalized spacial score (nSPS) is 10.2. The first-order valence-electron chi connectivity index (χ1n) is 4.47. The lowest BCUT2D eigenvalue weighted by atomic mass is 9.94. The van der Waals surface area contributed by atoms with Gasteiger partial charge in [0.05, 0.1) is 0 Å². The molecule has 0 radical (unpaired) electrons. The Hall–Kier alpha value is 0. The van der Waals surface area contributed by atoms with E-state index in [1.165, 1.54) is 19.3 Å². The Balaban J connectivity index is 0. The fraction of sp³-hybridized carbons (Fsp3) is 1.00. The summed E-state index contributed by atoms with van der Waals surface area (Å²) < 4.78 is 0. The van der Waals surface area contributed by atoms with Gasteiger partial charge in [-0.25, -0.2) is 0 Å². The highest BCUT2D eigenvalue weighted by Gasteiger charge is 2.03. The topological polar surface area (TPSA) is 0 Å². The lowest BCUT2D eigenvalue weighted by molar-refractivity contribution is 0.398. The Kier molecular flexibility index (Phi) is 9.00. The maximum atomic E-state index is 2.24. The standard InChI is InChI=1S/C6H14.C4H10/c1-5-6(2,3)4;1-3-4-2/h5H2,1-4H3;3-4H2,1-2H3. The van der Waals surface area contributed by atoms with Gasteiger partial charge in [0.15, 0.2) is 0 Å². The van der Waals surface area contributed by atoms with Crippen LogP contribution in [0.5, 0.6) is 0 Å².